The van der Waals surface area contributed by atoms with Crippen molar-refractivity contribution in [1.82, 2.24) is 0 Å². The van der Waals surface area contributed by atoms with Crippen LogP contribution in [0.1, 0.15) is 46.0 Å². The van der Waals surface area contributed by atoms with Crippen LogP contribution in [0.4, 0.5) is 0 Å². The van der Waals surface area contributed by atoms with Crippen molar-refractivity contribution < 1.29 is 4.79 Å². The molecule has 0 aliphatic heterocycles. The minimum absolute atomic E-state index is 0.271. The Morgan fingerprint density at radius 1 is 0.850 bits per heavy atom. The summed E-state index contributed by atoms with van der Waals surface area (Å²) in [6.45, 7) is 1.94. The lowest BCUT2D eigenvalue weighted by Crippen LogP contribution is -2.06. The van der Waals surface area contributed by atoms with Crippen LogP contribution in [0.3, 0.4) is 0 Å². The summed E-state index contributed by atoms with van der Waals surface area (Å²) in [6.07, 6.45) is 4.58. The van der Waals surface area contributed by atoms with Gasteiger partial charge in [0.15, 0.2) is 5.78 Å². The van der Waals surface area contributed by atoms with E-state index in [0.717, 1.165) is 31.2 Å². The fourth-order valence-corrected chi connectivity index (χ4v) is 2.89. The van der Waals surface area contributed by atoms with Gasteiger partial charge in [-0.1, -0.05) is 43.3 Å². The summed E-state index contributed by atoms with van der Waals surface area (Å²) in [7, 11) is 0. The summed E-state index contributed by atoms with van der Waals surface area (Å²) in [5.74, 6) is 0.271. The maximum Gasteiger partial charge on any atom is 0.162 e. The van der Waals surface area contributed by atoms with Gasteiger partial charge in [-0.15, -0.1) is 0 Å². The number of ketones is 1. The second-order valence-electron chi connectivity index (χ2n) is 5.58. The predicted octanol–water partition coefficient (Wildman–Crippen LogP) is 4.16. The number of benzene rings is 2. The SMILES string of the molecule is CCC(=O)c1cc2ccc1CCc1ccc(cc1)CC2. The highest BCUT2D eigenvalue weighted by molar-refractivity contribution is 5.97. The van der Waals surface area contributed by atoms with Gasteiger partial charge in [-0.25, -0.2) is 0 Å². The molecule has 0 aromatic heterocycles. The van der Waals surface area contributed by atoms with Crippen LogP contribution in [0.5, 0.6) is 0 Å². The third kappa shape index (κ3) is 2.67. The van der Waals surface area contributed by atoms with E-state index in [4.69, 9.17) is 0 Å². The van der Waals surface area contributed by atoms with E-state index in [1.54, 1.807) is 0 Å². The van der Waals surface area contributed by atoms with Crippen molar-refractivity contribution in [2.75, 3.05) is 0 Å². The quantitative estimate of drug-likeness (QED) is 0.744. The van der Waals surface area contributed by atoms with Gasteiger partial charge in [0.25, 0.3) is 0 Å². The van der Waals surface area contributed by atoms with Gasteiger partial charge in [-0.05, 0) is 54.0 Å². The monoisotopic (exact) mass is 264 g/mol. The first kappa shape index (κ1) is 13.1. The molecule has 1 nitrogen and oxygen atoms in total. The van der Waals surface area contributed by atoms with Crippen LogP contribution in [-0.4, -0.2) is 5.78 Å². The third-order valence-corrected chi connectivity index (χ3v) is 4.20. The number of hydrogen-bond acceptors (Lipinski definition) is 1. The van der Waals surface area contributed by atoms with Gasteiger partial charge in [0.2, 0.25) is 0 Å². The van der Waals surface area contributed by atoms with E-state index < -0.39 is 0 Å². The number of rotatable bonds is 2. The molecule has 0 saturated carbocycles. The molecule has 0 heterocycles. The summed E-state index contributed by atoms with van der Waals surface area (Å²) in [5, 5.41) is 0. The first-order valence-corrected chi connectivity index (χ1v) is 7.49. The highest BCUT2D eigenvalue weighted by Gasteiger charge is 2.12. The molecular formula is C19H20O. The zero-order chi connectivity index (χ0) is 13.9. The Morgan fingerprint density at radius 2 is 1.40 bits per heavy atom. The Labute approximate surface area is 120 Å². The zero-order valence-electron chi connectivity index (χ0n) is 12.0. The highest BCUT2D eigenvalue weighted by atomic mass is 16.1. The van der Waals surface area contributed by atoms with Gasteiger partial charge < -0.3 is 0 Å². The molecular weight excluding hydrogens is 244 g/mol. The summed E-state index contributed by atoms with van der Waals surface area (Å²) in [6, 6.07) is 15.4. The maximum atomic E-state index is 12.2. The van der Waals surface area contributed by atoms with Crippen molar-refractivity contribution in [3.05, 3.63) is 70.3 Å². The molecule has 102 valence electrons. The Bertz CT molecular complexity index is 623. The average Bonchev–Trinajstić information content (AvgIpc) is 2.49. The minimum Gasteiger partial charge on any atom is -0.294 e. The number of carbonyl (C=O) groups excluding carboxylic acids is 1. The first-order valence-electron chi connectivity index (χ1n) is 7.49. The molecule has 4 aliphatic rings. The van der Waals surface area contributed by atoms with E-state index in [-0.39, 0.29) is 5.78 Å². The molecule has 0 spiro atoms. The van der Waals surface area contributed by atoms with Crippen LogP contribution in [0, 0.1) is 0 Å². The van der Waals surface area contributed by atoms with Crippen molar-refractivity contribution in [3.8, 4) is 0 Å². The Kier molecular flexibility index (Phi) is 3.68. The fraction of sp³-hybridized carbons (Fsp3) is 0.316. The Balaban J connectivity index is 2.01. The van der Waals surface area contributed by atoms with Gasteiger partial charge in [-0.3, -0.25) is 4.79 Å². The molecule has 2 aromatic carbocycles. The Morgan fingerprint density at radius 3 is 2.05 bits per heavy atom. The zero-order valence-corrected chi connectivity index (χ0v) is 12.0. The summed E-state index contributed by atoms with van der Waals surface area (Å²) in [5.41, 5.74) is 6.15. The number of aryl methyl sites for hydroxylation is 4. The smallest absolute Gasteiger partial charge is 0.162 e. The summed E-state index contributed by atoms with van der Waals surface area (Å²) in [4.78, 5) is 12.2. The molecule has 20 heavy (non-hydrogen) atoms. The maximum absolute atomic E-state index is 12.2. The third-order valence-electron chi connectivity index (χ3n) is 4.20. The Hall–Kier alpha value is -1.89. The van der Waals surface area contributed by atoms with Crippen molar-refractivity contribution >= 4 is 5.78 Å². The average molecular weight is 264 g/mol. The largest absolute Gasteiger partial charge is 0.294 e. The van der Waals surface area contributed by atoms with E-state index >= 15 is 0 Å². The molecule has 0 atom stereocenters. The van der Waals surface area contributed by atoms with E-state index in [1.165, 1.54) is 22.3 Å². The van der Waals surface area contributed by atoms with Crippen molar-refractivity contribution in [3.63, 3.8) is 0 Å². The van der Waals surface area contributed by atoms with Gasteiger partial charge in [0.05, 0.1) is 0 Å². The highest BCUT2D eigenvalue weighted by Crippen LogP contribution is 2.20. The molecule has 0 unspecified atom stereocenters. The number of Topliss-reactive ketones (excluding diaryl/α,β-unsaturated/α-hetero) is 1. The van der Waals surface area contributed by atoms with Crippen LogP contribution >= 0.6 is 0 Å². The van der Waals surface area contributed by atoms with Crippen molar-refractivity contribution in [2.45, 2.75) is 39.0 Å². The van der Waals surface area contributed by atoms with Gasteiger partial charge in [0, 0.05) is 12.0 Å². The molecule has 0 saturated heterocycles. The molecule has 1 heteroatoms. The topological polar surface area (TPSA) is 17.1 Å². The summed E-state index contributed by atoms with van der Waals surface area (Å²) >= 11 is 0. The normalized spacial score (nSPS) is 13.8. The molecule has 4 aliphatic carbocycles. The molecule has 0 fully saturated rings. The van der Waals surface area contributed by atoms with Crippen molar-refractivity contribution in [1.29, 1.82) is 0 Å². The van der Waals surface area contributed by atoms with Crippen molar-refractivity contribution in [2.24, 2.45) is 0 Å². The van der Waals surface area contributed by atoms with E-state index in [2.05, 4.69) is 42.5 Å². The molecule has 4 bridgehead atoms. The number of carbonyl (C=O) groups is 1. The number of hydrogen-bond donors (Lipinski definition) is 0. The minimum atomic E-state index is 0.271. The van der Waals surface area contributed by atoms with Crippen LogP contribution in [0.2, 0.25) is 0 Å². The van der Waals surface area contributed by atoms with Gasteiger partial charge in [0.1, 0.15) is 0 Å². The van der Waals surface area contributed by atoms with Crippen LogP contribution < -0.4 is 0 Å². The van der Waals surface area contributed by atoms with Crippen LogP contribution in [0.15, 0.2) is 42.5 Å². The second kappa shape index (κ2) is 5.62. The molecule has 6 rings (SSSR count). The lowest BCUT2D eigenvalue weighted by Gasteiger charge is -2.13. The van der Waals surface area contributed by atoms with E-state index in [9.17, 15) is 4.79 Å². The van der Waals surface area contributed by atoms with Crippen LogP contribution in [0.25, 0.3) is 0 Å². The summed E-state index contributed by atoms with van der Waals surface area (Å²) < 4.78 is 0. The molecule has 0 N–H and O–H groups in total. The van der Waals surface area contributed by atoms with Gasteiger partial charge >= 0.3 is 0 Å². The molecule has 0 radical (unpaired) electrons. The fourth-order valence-electron chi connectivity index (χ4n) is 2.89. The van der Waals surface area contributed by atoms with E-state index in [0.29, 0.717) is 6.42 Å². The van der Waals surface area contributed by atoms with E-state index in [1.807, 2.05) is 6.92 Å². The molecule has 2 aromatic rings. The standard InChI is InChI=1S/C19H20O/c1-2-19(20)18-13-16-8-7-14-3-5-15(6-4-14)9-11-17(18)12-10-16/h3-6,10,12-13H,2,7-9,11H2,1H3. The lowest BCUT2D eigenvalue weighted by molar-refractivity contribution is 0.0987. The predicted molar refractivity (Wildman–Crippen MR) is 82.3 cm³/mol. The first-order chi connectivity index (χ1) is 9.76. The van der Waals surface area contributed by atoms with Gasteiger partial charge in [-0.2, -0.15) is 0 Å². The van der Waals surface area contributed by atoms with Crippen LogP contribution in [-0.2, 0) is 25.7 Å². The second-order valence-corrected chi connectivity index (χ2v) is 5.58. The lowest BCUT2D eigenvalue weighted by atomic mass is 9.91. The molecule has 0 amide bonds.